The van der Waals surface area contributed by atoms with Crippen LogP contribution < -0.4 is 9.47 Å². The number of aryl methyl sites for hydroxylation is 3. The highest BCUT2D eigenvalue weighted by Crippen LogP contribution is 2.28. The van der Waals surface area contributed by atoms with Gasteiger partial charge in [0.05, 0.1) is 18.7 Å². The molecule has 0 N–H and O–H groups in total. The van der Waals surface area contributed by atoms with Gasteiger partial charge in [-0.25, -0.2) is 34.9 Å². The van der Waals surface area contributed by atoms with Crippen LogP contribution in [0, 0.1) is 26.7 Å². The van der Waals surface area contributed by atoms with Crippen molar-refractivity contribution < 1.29 is 27.0 Å². The molecular formula is C60H83ClF4N10O2. The molecule has 7 aromatic heterocycles. The summed E-state index contributed by atoms with van der Waals surface area (Å²) in [7, 11) is 1.60. The van der Waals surface area contributed by atoms with E-state index in [0.717, 1.165) is 46.1 Å². The lowest BCUT2D eigenvalue weighted by molar-refractivity contribution is -0.141. The van der Waals surface area contributed by atoms with Gasteiger partial charge >= 0.3 is 12.2 Å². The van der Waals surface area contributed by atoms with E-state index in [-0.39, 0.29) is 5.92 Å². The molecule has 0 amide bonds. The molecule has 0 saturated carbocycles. The highest BCUT2D eigenvalue weighted by molar-refractivity contribution is 6.30. The minimum atomic E-state index is -4.34. The van der Waals surface area contributed by atoms with E-state index in [1.165, 1.54) is 23.4 Å². The number of hydrogen-bond acceptors (Lipinski definition) is 12. The Kier molecular flexibility index (Phi) is 31.8. The Labute approximate surface area is 461 Å². The van der Waals surface area contributed by atoms with E-state index in [4.69, 9.17) is 21.1 Å². The van der Waals surface area contributed by atoms with E-state index >= 15 is 0 Å². The molecule has 0 radical (unpaired) electrons. The SMILES string of the molecule is CC(C)c1ccc(Cl)cn1.CC(C)c1cccc(C(F)(F)F)n1.CC(C)c1cccc(F)n1.CCOc1ncc(C(C)C)cn1.COc1ccnc(C(C)C)n1.Cc1cc(C)nc(C(C)C)n1.Cc1ccnc(C(C)C)c1. The second kappa shape index (κ2) is 35.7. The number of alkyl halides is 3. The summed E-state index contributed by atoms with van der Waals surface area (Å²) in [5.41, 5.74) is 7.26. The maximum atomic E-state index is 12.4. The number of aromatic nitrogens is 10. The summed E-state index contributed by atoms with van der Waals surface area (Å²) in [5.74, 6) is 4.59. The molecule has 0 saturated heterocycles. The molecule has 420 valence electrons. The standard InChI is InChI=1S/C9H10F3N.C9H14N2O.C9H14N2.C9H13N.C8H10ClN.C8H10FN.C8H12N2O/c1-6(2)7-4-3-5-8(13-7)9(10,11)12;1-4-12-9-10-5-8(6-11-9)7(2)3;1-6(2)9-10-7(3)5-8(4)11-9;1-7(2)9-6-8(3)4-5-10-9;1-6(2)8-4-3-7(9)5-10-8;1-6(2)7-4-3-5-8(9)10-7;1-6(2)8-9-5-4-7(10-8)11-3/h3-6H,1-2H3;5-7H,4H2,1-3H3;5-6H,1-4H3;4-7H,1-3H3;2*3-6H,1-2H3;4-6H,1-3H3. The van der Waals surface area contributed by atoms with Crippen LogP contribution in [0.4, 0.5) is 17.6 Å². The highest BCUT2D eigenvalue weighted by atomic mass is 35.5. The normalized spacial score (nSPS) is 10.7. The minimum Gasteiger partial charge on any atom is -0.481 e. The zero-order valence-corrected chi connectivity index (χ0v) is 49.5. The van der Waals surface area contributed by atoms with Crippen molar-refractivity contribution in [2.24, 2.45) is 0 Å². The largest absolute Gasteiger partial charge is 0.481 e. The fraction of sp³-hybridized carbons (Fsp3) is 0.467. The predicted octanol–water partition coefficient (Wildman–Crippen LogP) is 16.8. The van der Waals surface area contributed by atoms with Gasteiger partial charge in [0.25, 0.3) is 0 Å². The van der Waals surface area contributed by atoms with Gasteiger partial charge < -0.3 is 9.47 Å². The van der Waals surface area contributed by atoms with Crippen LogP contribution in [-0.2, 0) is 6.18 Å². The molecule has 0 aromatic carbocycles. The molecular weight excluding hydrogens is 1000 g/mol. The number of pyridine rings is 4. The van der Waals surface area contributed by atoms with Crippen molar-refractivity contribution in [3.63, 3.8) is 0 Å². The number of nitrogens with zero attached hydrogens (tertiary/aromatic N) is 10. The summed E-state index contributed by atoms with van der Waals surface area (Å²) < 4.78 is 59.0. The van der Waals surface area contributed by atoms with E-state index in [1.807, 2.05) is 97.4 Å². The van der Waals surface area contributed by atoms with E-state index in [0.29, 0.717) is 64.7 Å². The van der Waals surface area contributed by atoms with Gasteiger partial charge in [-0.2, -0.15) is 22.5 Å². The molecule has 17 heteroatoms. The van der Waals surface area contributed by atoms with Crippen LogP contribution in [0.5, 0.6) is 11.9 Å². The zero-order chi connectivity index (χ0) is 58.4. The molecule has 7 rings (SSSR count). The van der Waals surface area contributed by atoms with Gasteiger partial charge in [0, 0.05) is 83.0 Å². The number of ether oxygens (including phenoxy) is 2. The third kappa shape index (κ3) is 29.0. The van der Waals surface area contributed by atoms with Crippen molar-refractivity contribution >= 4 is 11.6 Å². The first kappa shape index (κ1) is 68.5. The van der Waals surface area contributed by atoms with Crippen LogP contribution in [0.25, 0.3) is 0 Å². The van der Waals surface area contributed by atoms with Crippen LogP contribution in [0.1, 0.15) is 208 Å². The van der Waals surface area contributed by atoms with E-state index < -0.39 is 17.8 Å². The average Bonchev–Trinajstić information content (AvgIpc) is 3.37. The molecule has 7 heterocycles. The van der Waals surface area contributed by atoms with Gasteiger partial charge in [-0.05, 0) is 123 Å². The summed E-state index contributed by atoms with van der Waals surface area (Å²) in [6.45, 7) is 37.3. The lowest BCUT2D eigenvalue weighted by atomic mass is 10.1. The second-order valence-corrected chi connectivity index (χ2v) is 20.2. The lowest BCUT2D eigenvalue weighted by Crippen LogP contribution is -2.09. The van der Waals surface area contributed by atoms with Gasteiger partial charge in [0.15, 0.2) is 0 Å². The Morgan fingerprint density at radius 3 is 1.45 bits per heavy atom. The molecule has 0 bridgehead atoms. The summed E-state index contributed by atoms with van der Waals surface area (Å²) in [6.07, 6.45) is 4.53. The van der Waals surface area contributed by atoms with Crippen molar-refractivity contribution in [3.05, 3.63) is 177 Å². The summed E-state index contributed by atoms with van der Waals surface area (Å²) >= 11 is 5.65. The van der Waals surface area contributed by atoms with Gasteiger partial charge in [-0.15, -0.1) is 0 Å². The summed E-state index contributed by atoms with van der Waals surface area (Å²) in [4.78, 5) is 40.6. The van der Waals surface area contributed by atoms with Gasteiger partial charge in [0.1, 0.15) is 17.3 Å². The van der Waals surface area contributed by atoms with Gasteiger partial charge in [0.2, 0.25) is 11.8 Å². The van der Waals surface area contributed by atoms with Crippen molar-refractivity contribution in [2.75, 3.05) is 13.7 Å². The fourth-order valence-electron chi connectivity index (χ4n) is 5.87. The van der Waals surface area contributed by atoms with Crippen LogP contribution in [0.15, 0.2) is 104 Å². The zero-order valence-electron chi connectivity index (χ0n) is 48.7. The first-order chi connectivity index (χ1) is 36.1. The molecule has 0 unspecified atom stereocenters. The van der Waals surface area contributed by atoms with Crippen molar-refractivity contribution in [2.45, 2.75) is 172 Å². The van der Waals surface area contributed by atoms with Gasteiger partial charge in [-0.1, -0.05) is 121 Å². The molecule has 0 aliphatic heterocycles. The molecule has 7 aromatic rings. The molecule has 0 fully saturated rings. The Hall–Kier alpha value is -6.55. The van der Waals surface area contributed by atoms with E-state index in [2.05, 4.69) is 132 Å². The maximum Gasteiger partial charge on any atom is 0.433 e. The number of methoxy groups -OCH3 is 1. The third-order valence-corrected chi connectivity index (χ3v) is 10.6. The first-order valence-electron chi connectivity index (χ1n) is 25.9. The monoisotopic (exact) mass is 1090 g/mol. The van der Waals surface area contributed by atoms with Crippen LogP contribution in [-0.4, -0.2) is 63.6 Å². The Balaban J connectivity index is 0.000000450. The highest BCUT2D eigenvalue weighted by Gasteiger charge is 2.32. The molecule has 12 nitrogen and oxygen atoms in total. The third-order valence-electron chi connectivity index (χ3n) is 10.3. The molecule has 77 heavy (non-hydrogen) atoms. The molecule has 0 aliphatic carbocycles. The number of halogens is 5. The van der Waals surface area contributed by atoms with Crippen molar-refractivity contribution in [1.29, 1.82) is 0 Å². The molecule has 0 aliphatic rings. The Bertz CT molecular complexity index is 2630. The average molecular weight is 1090 g/mol. The molecule has 0 atom stereocenters. The predicted molar refractivity (Wildman–Crippen MR) is 304 cm³/mol. The van der Waals surface area contributed by atoms with Crippen molar-refractivity contribution in [1.82, 2.24) is 49.8 Å². The van der Waals surface area contributed by atoms with Crippen molar-refractivity contribution in [3.8, 4) is 11.9 Å². The Morgan fingerprint density at radius 1 is 0.506 bits per heavy atom. The Morgan fingerprint density at radius 2 is 1.04 bits per heavy atom. The second-order valence-electron chi connectivity index (χ2n) is 19.8. The smallest absolute Gasteiger partial charge is 0.433 e. The summed E-state index contributed by atoms with van der Waals surface area (Å²) in [5, 5.41) is 0.699. The lowest BCUT2D eigenvalue weighted by Gasteiger charge is -2.09. The number of hydrogen-bond donors (Lipinski definition) is 0. The van der Waals surface area contributed by atoms with E-state index in [9.17, 15) is 17.6 Å². The van der Waals surface area contributed by atoms with E-state index in [1.54, 1.807) is 37.7 Å². The van der Waals surface area contributed by atoms with Crippen LogP contribution in [0.2, 0.25) is 5.02 Å². The molecule has 0 spiro atoms. The van der Waals surface area contributed by atoms with Crippen LogP contribution in [0.3, 0.4) is 0 Å². The minimum absolute atomic E-state index is 0.0160. The first-order valence-corrected chi connectivity index (χ1v) is 26.3. The number of rotatable bonds is 10. The quantitative estimate of drug-likeness (QED) is 0.0948. The maximum absolute atomic E-state index is 12.4. The van der Waals surface area contributed by atoms with Gasteiger partial charge in [-0.3, -0.25) is 9.97 Å². The topological polar surface area (TPSA) is 147 Å². The van der Waals surface area contributed by atoms with Crippen LogP contribution >= 0.6 is 11.6 Å². The fourth-order valence-corrected chi connectivity index (χ4v) is 5.98. The summed E-state index contributed by atoms with van der Waals surface area (Å²) in [6, 6.07) is 21.0.